The maximum Gasteiger partial charge on any atom is 0.204 e. The van der Waals surface area contributed by atoms with E-state index in [1.165, 1.54) is 27.4 Å². The van der Waals surface area contributed by atoms with Gasteiger partial charge in [0.2, 0.25) is 5.82 Å². The van der Waals surface area contributed by atoms with Gasteiger partial charge in [-0.15, -0.1) is 10.2 Å². The lowest BCUT2D eigenvalue weighted by molar-refractivity contribution is 0.869. The Morgan fingerprint density at radius 2 is 1.69 bits per heavy atom. The molecule has 5 aromatic rings. The SMILES string of the molecule is Nc1ccc(Cn2c3ccccc3c3cc(-c4nn[nH]n4)ccc32)cc1. The molecule has 5 rings (SSSR count). The molecule has 126 valence electrons. The zero-order chi connectivity index (χ0) is 17.5. The van der Waals surface area contributed by atoms with E-state index in [-0.39, 0.29) is 0 Å². The van der Waals surface area contributed by atoms with Crippen LogP contribution < -0.4 is 5.73 Å². The predicted molar refractivity (Wildman–Crippen MR) is 103 cm³/mol. The quantitative estimate of drug-likeness (QED) is 0.491. The average molecular weight is 340 g/mol. The first-order chi connectivity index (χ1) is 12.8. The van der Waals surface area contributed by atoms with Crippen LogP contribution in [0.2, 0.25) is 0 Å². The van der Waals surface area contributed by atoms with E-state index in [4.69, 9.17) is 5.73 Å². The normalized spacial score (nSPS) is 11.4. The highest BCUT2D eigenvalue weighted by atomic mass is 15.5. The Bertz CT molecular complexity index is 1200. The molecule has 0 saturated carbocycles. The number of hydrogen-bond acceptors (Lipinski definition) is 4. The molecule has 6 nitrogen and oxygen atoms in total. The molecule has 0 atom stereocenters. The Labute approximate surface area is 149 Å². The molecule has 0 spiro atoms. The second-order valence-electron chi connectivity index (χ2n) is 6.31. The highest BCUT2D eigenvalue weighted by Crippen LogP contribution is 2.32. The van der Waals surface area contributed by atoms with Gasteiger partial charge in [0.1, 0.15) is 0 Å². The van der Waals surface area contributed by atoms with Crippen LogP contribution >= 0.6 is 0 Å². The van der Waals surface area contributed by atoms with Crippen LogP contribution in [-0.4, -0.2) is 25.2 Å². The third-order valence-corrected chi connectivity index (χ3v) is 4.70. The highest BCUT2D eigenvalue weighted by molar-refractivity contribution is 6.09. The molecule has 26 heavy (non-hydrogen) atoms. The fraction of sp³-hybridized carbons (Fsp3) is 0.0500. The zero-order valence-electron chi connectivity index (χ0n) is 13.9. The molecular formula is C20H16N6. The molecule has 3 aromatic carbocycles. The standard InChI is InChI=1S/C20H16N6/c21-15-8-5-13(6-9-15)12-26-18-4-2-1-3-16(18)17-11-14(7-10-19(17)26)20-22-24-25-23-20/h1-11H,12,21H2,(H,22,23,24,25). The monoisotopic (exact) mass is 340 g/mol. The Hall–Kier alpha value is -3.67. The number of para-hydroxylation sites is 1. The molecule has 0 bridgehead atoms. The molecule has 2 heterocycles. The number of nitrogens with zero attached hydrogens (tertiary/aromatic N) is 4. The molecule has 0 aliphatic rings. The second kappa shape index (κ2) is 5.70. The summed E-state index contributed by atoms with van der Waals surface area (Å²) in [4.78, 5) is 0. The summed E-state index contributed by atoms with van der Waals surface area (Å²) in [7, 11) is 0. The highest BCUT2D eigenvalue weighted by Gasteiger charge is 2.13. The Morgan fingerprint density at radius 1 is 0.885 bits per heavy atom. The maximum atomic E-state index is 5.82. The van der Waals surface area contributed by atoms with Gasteiger partial charge in [0.15, 0.2) is 0 Å². The van der Waals surface area contributed by atoms with Crippen molar-refractivity contribution >= 4 is 27.5 Å². The van der Waals surface area contributed by atoms with Crippen LogP contribution in [-0.2, 0) is 6.54 Å². The van der Waals surface area contributed by atoms with Gasteiger partial charge in [0.05, 0.1) is 0 Å². The summed E-state index contributed by atoms with van der Waals surface area (Å²) in [5.74, 6) is 0.599. The zero-order valence-corrected chi connectivity index (χ0v) is 13.9. The summed E-state index contributed by atoms with van der Waals surface area (Å²) in [5, 5.41) is 16.7. The van der Waals surface area contributed by atoms with Crippen LogP contribution in [0.25, 0.3) is 33.2 Å². The maximum absolute atomic E-state index is 5.82. The number of nitrogens with two attached hydrogens (primary N) is 1. The number of benzene rings is 3. The Morgan fingerprint density at radius 3 is 2.50 bits per heavy atom. The number of tetrazole rings is 1. The van der Waals surface area contributed by atoms with Crippen molar-refractivity contribution in [3.8, 4) is 11.4 Å². The number of anilines is 1. The van der Waals surface area contributed by atoms with Gasteiger partial charge in [-0.25, -0.2) is 0 Å². The molecule has 0 aliphatic heterocycles. The fourth-order valence-corrected chi connectivity index (χ4v) is 3.45. The largest absolute Gasteiger partial charge is 0.399 e. The van der Waals surface area contributed by atoms with E-state index in [9.17, 15) is 0 Å². The summed E-state index contributed by atoms with van der Waals surface area (Å²) in [5.41, 5.74) is 11.1. The first-order valence-electron chi connectivity index (χ1n) is 8.39. The van der Waals surface area contributed by atoms with Gasteiger partial charge < -0.3 is 10.3 Å². The summed E-state index contributed by atoms with van der Waals surface area (Å²) in [6, 6.07) is 22.8. The van der Waals surface area contributed by atoms with E-state index >= 15 is 0 Å². The van der Waals surface area contributed by atoms with E-state index in [1.54, 1.807) is 0 Å². The van der Waals surface area contributed by atoms with Crippen LogP contribution in [0.3, 0.4) is 0 Å². The molecule has 6 heteroatoms. The Kier molecular flexibility index (Phi) is 3.21. The van der Waals surface area contributed by atoms with Crippen molar-refractivity contribution in [2.75, 3.05) is 5.73 Å². The van der Waals surface area contributed by atoms with Crippen molar-refractivity contribution in [2.24, 2.45) is 0 Å². The lowest BCUT2D eigenvalue weighted by Gasteiger charge is -2.08. The number of rotatable bonds is 3. The first-order valence-corrected chi connectivity index (χ1v) is 8.39. The Balaban J connectivity index is 1.72. The van der Waals surface area contributed by atoms with Gasteiger partial charge in [-0.05, 0) is 47.2 Å². The summed E-state index contributed by atoms with van der Waals surface area (Å²) >= 11 is 0. The van der Waals surface area contributed by atoms with Crippen molar-refractivity contribution in [1.29, 1.82) is 0 Å². The van der Waals surface area contributed by atoms with E-state index < -0.39 is 0 Å². The van der Waals surface area contributed by atoms with Crippen LogP contribution in [0.1, 0.15) is 5.56 Å². The summed E-state index contributed by atoms with van der Waals surface area (Å²) < 4.78 is 2.33. The van der Waals surface area contributed by atoms with Gasteiger partial charge >= 0.3 is 0 Å². The van der Waals surface area contributed by atoms with E-state index in [2.05, 4.69) is 73.7 Å². The van der Waals surface area contributed by atoms with Crippen molar-refractivity contribution in [3.63, 3.8) is 0 Å². The molecule has 0 saturated heterocycles. The minimum absolute atomic E-state index is 0.599. The molecule has 0 radical (unpaired) electrons. The fourth-order valence-electron chi connectivity index (χ4n) is 3.45. The van der Waals surface area contributed by atoms with Crippen LogP contribution in [0.5, 0.6) is 0 Å². The van der Waals surface area contributed by atoms with Crippen LogP contribution in [0.4, 0.5) is 5.69 Å². The van der Waals surface area contributed by atoms with E-state index in [1.807, 2.05) is 18.2 Å². The molecule has 2 aromatic heterocycles. The number of fused-ring (bicyclic) bond motifs is 3. The van der Waals surface area contributed by atoms with Gasteiger partial charge in [0.25, 0.3) is 0 Å². The third kappa shape index (κ3) is 2.31. The predicted octanol–water partition coefficient (Wildman–Crippen LogP) is 3.61. The number of aromatic nitrogens is 5. The molecule has 0 amide bonds. The molecule has 0 fully saturated rings. The van der Waals surface area contributed by atoms with Gasteiger partial charge in [-0.1, -0.05) is 30.3 Å². The topological polar surface area (TPSA) is 85.4 Å². The smallest absolute Gasteiger partial charge is 0.204 e. The minimum Gasteiger partial charge on any atom is -0.399 e. The van der Waals surface area contributed by atoms with Crippen LogP contribution in [0, 0.1) is 0 Å². The van der Waals surface area contributed by atoms with E-state index in [0.717, 1.165) is 17.8 Å². The number of nitrogen functional groups attached to an aromatic ring is 1. The minimum atomic E-state index is 0.599. The molecular weight excluding hydrogens is 324 g/mol. The lowest BCUT2D eigenvalue weighted by Crippen LogP contribution is -1.99. The first kappa shape index (κ1) is 14.7. The van der Waals surface area contributed by atoms with Crippen LogP contribution in [0.15, 0.2) is 66.7 Å². The second-order valence-corrected chi connectivity index (χ2v) is 6.31. The van der Waals surface area contributed by atoms with Crippen molar-refractivity contribution in [2.45, 2.75) is 6.54 Å². The number of nitrogens with one attached hydrogen (secondary N) is 1. The molecule has 3 N–H and O–H groups in total. The van der Waals surface area contributed by atoms with Gasteiger partial charge in [0, 0.05) is 39.6 Å². The summed E-state index contributed by atoms with van der Waals surface area (Å²) in [6.07, 6.45) is 0. The van der Waals surface area contributed by atoms with Crippen molar-refractivity contribution in [1.82, 2.24) is 25.2 Å². The third-order valence-electron chi connectivity index (χ3n) is 4.70. The molecule has 0 unspecified atom stereocenters. The number of aromatic amines is 1. The number of H-pyrrole nitrogens is 1. The van der Waals surface area contributed by atoms with Gasteiger partial charge in [-0.2, -0.15) is 5.21 Å². The van der Waals surface area contributed by atoms with Crippen molar-refractivity contribution < 1.29 is 0 Å². The lowest BCUT2D eigenvalue weighted by atomic mass is 10.1. The van der Waals surface area contributed by atoms with E-state index in [0.29, 0.717) is 5.82 Å². The number of hydrogen-bond donors (Lipinski definition) is 2. The molecule has 0 aliphatic carbocycles. The average Bonchev–Trinajstić information content (AvgIpc) is 3.31. The summed E-state index contributed by atoms with van der Waals surface area (Å²) in [6.45, 7) is 0.784. The van der Waals surface area contributed by atoms with Crippen molar-refractivity contribution in [3.05, 3.63) is 72.3 Å². The van der Waals surface area contributed by atoms with Gasteiger partial charge in [-0.3, -0.25) is 0 Å².